The molecule has 1 aliphatic heterocycles. The molecule has 10 heteroatoms. The minimum absolute atomic E-state index is 0.169. The summed E-state index contributed by atoms with van der Waals surface area (Å²) in [6.45, 7) is 1.60. The molecule has 0 fully saturated rings. The van der Waals surface area contributed by atoms with Gasteiger partial charge in [0.2, 0.25) is 11.0 Å². The summed E-state index contributed by atoms with van der Waals surface area (Å²) in [6.07, 6.45) is 0. The van der Waals surface area contributed by atoms with Crippen LogP contribution in [0.2, 0.25) is 0 Å². The summed E-state index contributed by atoms with van der Waals surface area (Å²) in [4.78, 5) is 14.8. The van der Waals surface area contributed by atoms with E-state index in [-0.39, 0.29) is 6.54 Å². The first-order valence-electron chi connectivity index (χ1n) is 6.30. The lowest BCUT2D eigenvalue weighted by atomic mass is 10.1. The van der Waals surface area contributed by atoms with Crippen LogP contribution < -0.4 is 4.91 Å². The molecule has 0 radical (unpaired) electrons. The molecule has 0 aliphatic carbocycles. The van der Waals surface area contributed by atoms with E-state index >= 15 is 0 Å². The third-order valence-electron chi connectivity index (χ3n) is 3.48. The third-order valence-corrected chi connectivity index (χ3v) is 6.02. The van der Waals surface area contributed by atoms with Gasteiger partial charge in [-0.25, -0.2) is 9.10 Å². The molecule has 3 atom stereocenters. The summed E-state index contributed by atoms with van der Waals surface area (Å²) in [6, 6.07) is 3.52. The lowest BCUT2D eigenvalue weighted by Gasteiger charge is -2.50. The van der Waals surface area contributed by atoms with Crippen LogP contribution in [0, 0.1) is 5.53 Å². The molecule has 2 rings (SSSR count). The first kappa shape index (κ1) is 17.1. The standard InChI is InChI=1S/C12H15BrN4O4S/c1-7-9-5-8(13)3-4-11(9)22(19,20)17(7)6-10(15-16-14)12(18)21-2/h3-5,7,10,14H,6H2,1-2H3,(H-,19,20). The van der Waals surface area contributed by atoms with Crippen molar-refractivity contribution in [3.63, 3.8) is 0 Å². The molecule has 0 bridgehead atoms. The third kappa shape index (κ3) is 2.94. The van der Waals surface area contributed by atoms with E-state index in [9.17, 15) is 13.9 Å². The molecular weight excluding hydrogens is 376 g/mol. The van der Waals surface area contributed by atoms with Crippen molar-refractivity contribution in [3.8, 4) is 0 Å². The molecule has 22 heavy (non-hydrogen) atoms. The van der Waals surface area contributed by atoms with Gasteiger partial charge in [-0.05, 0) is 30.7 Å². The molecule has 3 unspecified atom stereocenters. The molecule has 1 heterocycles. The number of halogens is 1. The Bertz CT molecular complexity index is 650. The van der Waals surface area contributed by atoms with Crippen LogP contribution in [-0.4, -0.2) is 39.1 Å². The second-order valence-electron chi connectivity index (χ2n) is 4.71. The van der Waals surface area contributed by atoms with Gasteiger partial charge in [-0.2, -0.15) is 0 Å². The molecule has 1 aromatic rings. The molecule has 0 spiro atoms. The predicted octanol–water partition coefficient (Wildman–Crippen LogP) is 2.60. The van der Waals surface area contributed by atoms with Crippen LogP contribution in [0.5, 0.6) is 0 Å². The number of ether oxygens (including phenoxy) is 1. The zero-order valence-corrected chi connectivity index (χ0v) is 14.3. The molecule has 0 saturated heterocycles. The van der Waals surface area contributed by atoms with Crippen LogP contribution in [0.1, 0.15) is 18.5 Å². The van der Waals surface area contributed by atoms with E-state index in [1.165, 1.54) is 11.4 Å². The Labute approximate surface area is 137 Å². The summed E-state index contributed by atoms with van der Waals surface area (Å²) >= 11 is 3.33. The molecule has 1 aliphatic rings. The van der Waals surface area contributed by atoms with E-state index in [1.54, 1.807) is 25.1 Å². The summed E-state index contributed by atoms with van der Waals surface area (Å²) in [5, 5.41) is 3.47. The van der Waals surface area contributed by atoms with Crippen LogP contribution in [0.25, 0.3) is 0 Å². The van der Waals surface area contributed by atoms with Gasteiger partial charge in [0.05, 0.1) is 19.7 Å². The quantitative estimate of drug-likeness (QED) is 0.464. The summed E-state index contributed by atoms with van der Waals surface area (Å²) in [7, 11) is -2.29. The number of benzene rings is 1. The number of carbonyl (C=O) groups is 1. The second kappa shape index (κ2) is 6.45. The van der Waals surface area contributed by atoms with Crippen LogP contribution in [0.15, 0.2) is 32.7 Å². The summed E-state index contributed by atoms with van der Waals surface area (Å²) in [5.74, 6) is -0.712. The first-order valence-corrected chi connectivity index (χ1v) is 8.56. The smallest absolute Gasteiger partial charge is 0.339 e. The lowest BCUT2D eigenvalue weighted by Crippen LogP contribution is -2.36. The zero-order chi connectivity index (χ0) is 16.5. The number of esters is 1. The number of nitrogens with one attached hydrogen (secondary N) is 1. The van der Waals surface area contributed by atoms with Crippen LogP contribution in [0.4, 0.5) is 0 Å². The molecule has 2 N–H and O–H groups in total. The fourth-order valence-corrected chi connectivity index (χ4v) is 4.68. The topological polar surface area (TPSA) is 123 Å². The highest BCUT2D eigenvalue weighted by Gasteiger charge is 2.39. The largest absolute Gasteiger partial charge is 0.750 e. The normalized spacial score (nSPS) is 28.1. The van der Waals surface area contributed by atoms with Crippen molar-refractivity contribution < 1.29 is 18.6 Å². The monoisotopic (exact) mass is 390 g/mol. The average Bonchev–Trinajstić information content (AvgIpc) is 2.66. The molecular formula is C12H15BrN4O4S. The Balaban J connectivity index is 2.36. The van der Waals surface area contributed by atoms with Gasteiger partial charge in [0, 0.05) is 9.37 Å². The van der Waals surface area contributed by atoms with Crippen molar-refractivity contribution in [3.05, 3.63) is 28.2 Å². The van der Waals surface area contributed by atoms with Crippen molar-refractivity contribution in [2.75, 3.05) is 13.7 Å². The van der Waals surface area contributed by atoms with Gasteiger partial charge in [-0.15, -0.1) is 0 Å². The van der Waals surface area contributed by atoms with Crippen molar-refractivity contribution >= 4 is 32.7 Å². The van der Waals surface area contributed by atoms with E-state index in [0.717, 1.165) is 4.47 Å². The van der Waals surface area contributed by atoms with Crippen LogP contribution in [0.3, 0.4) is 0 Å². The molecule has 8 nitrogen and oxygen atoms in total. The predicted molar refractivity (Wildman–Crippen MR) is 81.6 cm³/mol. The van der Waals surface area contributed by atoms with Crippen molar-refractivity contribution in [1.82, 2.24) is 9.22 Å². The van der Waals surface area contributed by atoms with E-state index in [1.807, 2.05) is 0 Å². The highest BCUT2D eigenvalue weighted by molar-refractivity contribution is 9.10. The average molecular weight is 391 g/mol. The van der Waals surface area contributed by atoms with E-state index < -0.39 is 28.8 Å². The maximum Gasteiger partial charge on any atom is 0.339 e. The number of carbonyl (C=O) groups excluding carboxylic acids is 1. The molecule has 120 valence electrons. The Hall–Kier alpha value is -1.29. The minimum atomic E-state index is -3.48. The Kier molecular flexibility index (Phi) is 5.00. The molecule has 1 aromatic carbocycles. The SMILES string of the molecule is COC(=O)C(CN1C(C)c2cc(Br)ccc2S1([O-])O)N=[N+]=N. The maximum absolute atomic E-state index is 12.7. The summed E-state index contributed by atoms with van der Waals surface area (Å²) in [5.41, 5.74) is 7.48. The van der Waals surface area contributed by atoms with Gasteiger partial charge in [-0.3, -0.25) is 10.8 Å². The number of fused-ring (bicyclic) bond motifs is 1. The number of hydrogen-bond donors (Lipinski definition) is 2. The van der Waals surface area contributed by atoms with Crippen molar-refractivity contribution in [2.45, 2.75) is 23.9 Å². The summed E-state index contributed by atoms with van der Waals surface area (Å²) < 4.78 is 29.8. The fourth-order valence-electron chi connectivity index (χ4n) is 2.38. The van der Waals surface area contributed by atoms with E-state index in [0.29, 0.717) is 10.5 Å². The van der Waals surface area contributed by atoms with Crippen LogP contribution in [-0.2, 0) is 9.53 Å². The zero-order valence-electron chi connectivity index (χ0n) is 11.9. The van der Waals surface area contributed by atoms with Crippen molar-refractivity contribution in [1.29, 1.82) is 5.53 Å². The molecule has 0 saturated carbocycles. The number of rotatable bonds is 4. The van der Waals surface area contributed by atoms with Gasteiger partial charge < -0.3 is 13.8 Å². The Morgan fingerprint density at radius 3 is 3.00 bits per heavy atom. The van der Waals surface area contributed by atoms with E-state index in [4.69, 9.17) is 5.53 Å². The second-order valence-corrected chi connectivity index (χ2v) is 7.53. The van der Waals surface area contributed by atoms with Gasteiger partial charge in [0.15, 0.2) is 0 Å². The lowest BCUT2D eigenvalue weighted by molar-refractivity contribution is -0.142. The Morgan fingerprint density at radius 2 is 2.41 bits per heavy atom. The maximum atomic E-state index is 12.7. The van der Waals surface area contributed by atoms with Crippen LogP contribution >= 0.6 is 26.7 Å². The highest BCUT2D eigenvalue weighted by atomic mass is 79.9. The first-order chi connectivity index (χ1) is 10.3. The number of nitrogens with zero attached hydrogens (tertiary/aromatic N) is 3. The van der Waals surface area contributed by atoms with Crippen molar-refractivity contribution in [2.24, 2.45) is 5.11 Å². The number of methoxy groups -OCH3 is 1. The van der Waals surface area contributed by atoms with Gasteiger partial charge >= 0.3 is 5.97 Å². The Morgan fingerprint density at radius 1 is 1.73 bits per heavy atom. The molecule has 0 aromatic heterocycles. The fraction of sp³-hybridized carbons (Fsp3) is 0.417. The minimum Gasteiger partial charge on any atom is -0.750 e. The van der Waals surface area contributed by atoms with E-state index in [2.05, 4.69) is 30.7 Å². The number of hydrogen-bond acceptors (Lipinski definition) is 7. The van der Waals surface area contributed by atoms with Gasteiger partial charge in [0.25, 0.3) is 0 Å². The van der Waals surface area contributed by atoms with Gasteiger partial charge in [0.1, 0.15) is 10.6 Å². The highest BCUT2D eigenvalue weighted by Crippen LogP contribution is 2.63. The van der Waals surface area contributed by atoms with Gasteiger partial charge in [-0.1, -0.05) is 15.9 Å². The molecule has 0 amide bonds.